The Morgan fingerprint density at radius 2 is 1.84 bits per heavy atom. The lowest BCUT2D eigenvalue weighted by Gasteiger charge is -2.18. The van der Waals surface area contributed by atoms with Crippen molar-refractivity contribution in [2.45, 2.75) is 26.4 Å². The number of rotatable bonds is 7. The van der Waals surface area contributed by atoms with Crippen LogP contribution >= 0.6 is 31.9 Å². The van der Waals surface area contributed by atoms with E-state index >= 15 is 0 Å². The number of hydrogen-bond donors (Lipinski definition) is 2. The number of hydrazine groups is 1. The van der Waals surface area contributed by atoms with E-state index in [1.54, 1.807) is 12.1 Å². The molecule has 8 heteroatoms. The number of fused-ring (bicyclic) bond motifs is 1. The van der Waals surface area contributed by atoms with E-state index in [1.807, 2.05) is 56.3 Å². The first-order valence-corrected chi connectivity index (χ1v) is 11.3. The Bertz CT molecular complexity index is 1100. The lowest BCUT2D eigenvalue weighted by molar-refractivity contribution is -0.134. The topological polar surface area (TPSA) is 76.7 Å². The summed E-state index contributed by atoms with van der Waals surface area (Å²) < 4.78 is 13.1. The molecule has 0 fully saturated rings. The Kier molecular flexibility index (Phi) is 7.92. The third-order valence-corrected chi connectivity index (χ3v) is 5.81. The van der Waals surface area contributed by atoms with Gasteiger partial charge in [-0.3, -0.25) is 20.4 Å². The van der Waals surface area contributed by atoms with Crippen LogP contribution in [0, 0.1) is 6.92 Å². The van der Waals surface area contributed by atoms with Crippen LogP contribution in [0.4, 0.5) is 0 Å². The maximum absolute atomic E-state index is 12.4. The Morgan fingerprint density at radius 1 is 1.03 bits per heavy atom. The average molecular weight is 550 g/mol. The third kappa shape index (κ3) is 6.21. The lowest BCUT2D eigenvalue weighted by Crippen LogP contribution is -2.49. The van der Waals surface area contributed by atoms with Crippen LogP contribution in [0.3, 0.4) is 0 Å². The van der Waals surface area contributed by atoms with Gasteiger partial charge in [0.15, 0.2) is 12.7 Å². The molecule has 3 aromatic carbocycles. The quantitative estimate of drug-likeness (QED) is 0.404. The minimum absolute atomic E-state index is 0.254. The number of halogens is 2. The molecule has 0 radical (unpaired) electrons. The summed E-state index contributed by atoms with van der Waals surface area (Å²) in [6, 6.07) is 17.0. The molecule has 1 unspecified atom stereocenters. The number of carbonyl (C=O) groups is 2. The molecule has 6 nitrogen and oxygen atoms in total. The highest BCUT2D eigenvalue weighted by Gasteiger charge is 2.19. The van der Waals surface area contributed by atoms with Crippen molar-refractivity contribution in [3.63, 3.8) is 0 Å². The first kappa shape index (κ1) is 23.1. The third-order valence-electron chi connectivity index (χ3n) is 4.50. The Labute approximate surface area is 197 Å². The van der Waals surface area contributed by atoms with Crippen LogP contribution in [-0.2, 0) is 9.59 Å². The number of carbonyl (C=O) groups excluding carboxylic acids is 2. The summed E-state index contributed by atoms with van der Waals surface area (Å²) in [6.45, 7) is 3.53. The molecule has 0 aliphatic heterocycles. The van der Waals surface area contributed by atoms with Crippen LogP contribution in [0.15, 0.2) is 63.5 Å². The summed E-state index contributed by atoms with van der Waals surface area (Å²) in [5, 5.41) is 2.00. The molecule has 0 spiro atoms. The second-order valence-electron chi connectivity index (χ2n) is 6.90. The van der Waals surface area contributed by atoms with E-state index < -0.39 is 17.9 Å². The summed E-state index contributed by atoms with van der Waals surface area (Å²) in [4.78, 5) is 24.5. The van der Waals surface area contributed by atoms with Crippen molar-refractivity contribution in [3.05, 3.63) is 69.1 Å². The van der Waals surface area contributed by atoms with Gasteiger partial charge in [-0.1, -0.05) is 47.1 Å². The van der Waals surface area contributed by atoms with Crippen molar-refractivity contribution < 1.29 is 19.1 Å². The number of hydrogen-bond acceptors (Lipinski definition) is 4. The summed E-state index contributed by atoms with van der Waals surface area (Å²) in [5.74, 6) is 0.215. The highest BCUT2D eigenvalue weighted by Crippen LogP contribution is 2.34. The van der Waals surface area contributed by atoms with E-state index in [4.69, 9.17) is 9.47 Å². The van der Waals surface area contributed by atoms with E-state index in [1.165, 1.54) is 0 Å². The highest BCUT2D eigenvalue weighted by atomic mass is 79.9. The van der Waals surface area contributed by atoms with Crippen molar-refractivity contribution in [2.24, 2.45) is 0 Å². The van der Waals surface area contributed by atoms with Crippen LogP contribution in [0.5, 0.6) is 11.5 Å². The van der Waals surface area contributed by atoms with E-state index in [0.29, 0.717) is 17.9 Å². The van der Waals surface area contributed by atoms with Crippen LogP contribution in [-0.4, -0.2) is 24.5 Å². The fraction of sp³-hybridized carbons (Fsp3) is 0.217. The zero-order valence-corrected chi connectivity index (χ0v) is 20.2. The van der Waals surface area contributed by atoms with Gasteiger partial charge in [0.1, 0.15) is 11.5 Å². The van der Waals surface area contributed by atoms with Gasteiger partial charge in [-0.2, -0.15) is 0 Å². The van der Waals surface area contributed by atoms with Crippen molar-refractivity contribution in [2.75, 3.05) is 6.61 Å². The average Bonchev–Trinajstić information content (AvgIpc) is 2.75. The molecule has 162 valence electrons. The molecule has 0 saturated carbocycles. The van der Waals surface area contributed by atoms with E-state index in [9.17, 15) is 9.59 Å². The summed E-state index contributed by atoms with van der Waals surface area (Å²) >= 11 is 6.97. The maximum Gasteiger partial charge on any atom is 0.279 e. The Morgan fingerprint density at radius 3 is 2.58 bits per heavy atom. The molecule has 3 rings (SSSR count). The highest BCUT2D eigenvalue weighted by molar-refractivity contribution is 9.11. The number of amides is 2. The molecule has 0 bridgehead atoms. The zero-order chi connectivity index (χ0) is 22.4. The zero-order valence-electron chi connectivity index (χ0n) is 17.1. The molecule has 2 N–H and O–H groups in total. The van der Waals surface area contributed by atoms with Crippen molar-refractivity contribution >= 4 is 54.4 Å². The van der Waals surface area contributed by atoms with Gasteiger partial charge in [0, 0.05) is 4.47 Å². The van der Waals surface area contributed by atoms with E-state index in [-0.39, 0.29) is 6.61 Å². The largest absolute Gasteiger partial charge is 0.483 e. The monoisotopic (exact) mass is 548 g/mol. The van der Waals surface area contributed by atoms with Crippen LogP contribution < -0.4 is 20.3 Å². The number of benzene rings is 3. The fourth-order valence-electron chi connectivity index (χ4n) is 2.92. The van der Waals surface area contributed by atoms with Crippen LogP contribution in [0.2, 0.25) is 0 Å². The van der Waals surface area contributed by atoms with Gasteiger partial charge in [-0.05, 0) is 75.9 Å². The maximum atomic E-state index is 12.4. The van der Waals surface area contributed by atoms with Gasteiger partial charge in [0.2, 0.25) is 0 Å². The summed E-state index contributed by atoms with van der Waals surface area (Å²) in [6.07, 6.45) is -0.274. The van der Waals surface area contributed by atoms with Crippen molar-refractivity contribution in [1.82, 2.24) is 10.9 Å². The minimum Gasteiger partial charge on any atom is -0.483 e. The molecule has 0 aromatic heterocycles. The molecule has 1 atom stereocenters. The SMILES string of the molecule is CCC(Oc1cccc(C)c1)C(=O)NNC(=O)COc1ccc2cc(Br)ccc2c1Br. The standard InChI is InChI=1S/C23H22Br2N2O4/c1-3-19(31-17-6-4-5-14(2)11-17)23(29)27-26-21(28)13-30-20-10-7-15-12-16(24)8-9-18(15)22(20)25/h4-12,19H,3,13H2,1-2H3,(H,26,28)(H,27,29). The van der Waals surface area contributed by atoms with E-state index in [2.05, 4.69) is 42.7 Å². The fourth-order valence-corrected chi connectivity index (χ4v) is 3.91. The first-order valence-electron chi connectivity index (χ1n) is 9.70. The lowest BCUT2D eigenvalue weighted by atomic mass is 10.1. The summed E-state index contributed by atoms with van der Waals surface area (Å²) in [5.41, 5.74) is 5.79. The van der Waals surface area contributed by atoms with Crippen molar-refractivity contribution in [1.29, 1.82) is 0 Å². The number of nitrogens with one attached hydrogen (secondary N) is 2. The van der Waals surface area contributed by atoms with Gasteiger partial charge in [-0.15, -0.1) is 0 Å². The molecule has 0 saturated heterocycles. The van der Waals surface area contributed by atoms with Gasteiger partial charge in [0.25, 0.3) is 11.8 Å². The predicted octanol–water partition coefficient (Wildman–Crippen LogP) is 5.06. The second kappa shape index (κ2) is 10.6. The van der Waals surface area contributed by atoms with E-state index in [0.717, 1.165) is 25.3 Å². The Balaban J connectivity index is 1.52. The van der Waals surface area contributed by atoms with Gasteiger partial charge < -0.3 is 9.47 Å². The summed E-state index contributed by atoms with van der Waals surface area (Å²) in [7, 11) is 0. The molecule has 31 heavy (non-hydrogen) atoms. The normalized spacial score (nSPS) is 11.6. The van der Waals surface area contributed by atoms with Gasteiger partial charge in [0.05, 0.1) is 4.47 Å². The molecule has 2 amide bonds. The number of aryl methyl sites for hydroxylation is 1. The van der Waals surface area contributed by atoms with Gasteiger partial charge >= 0.3 is 0 Å². The molecular weight excluding hydrogens is 528 g/mol. The smallest absolute Gasteiger partial charge is 0.279 e. The second-order valence-corrected chi connectivity index (χ2v) is 8.61. The van der Waals surface area contributed by atoms with Crippen molar-refractivity contribution in [3.8, 4) is 11.5 Å². The van der Waals surface area contributed by atoms with Gasteiger partial charge in [-0.25, -0.2) is 0 Å². The molecular formula is C23H22Br2N2O4. The first-order chi connectivity index (χ1) is 14.9. The number of ether oxygens (including phenoxy) is 2. The van der Waals surface area contributed by atoms with Crippen LogP contribution in [0.1, 0.15) is 18.9 Å². The molecule has 0 aliphatic carbocycles. The predicted molar refractivity (Wildman–Crippen MR) is 127 cm³/mol. The Hall–Kier alpha value is -2.58. The minimum atomic E-state index is -0.725. The molecule has 3 aromatic rings. The molecule has 0 aliphatic rings. The van der Waals surface area contributed by atoms with Crippen LogP contribution in [0.25, 0.3) is 10.8 Å². The molecule has 0 heterocycles.